The predicted octanol–water partition coefficient (Wildman–Crippen LogP) is 2.66. The number of methoxy groups -OCH3 is 1. The molecule has 2 amide bonds. The lowest BCUT2D eigenvalue weighted by atomic mass is 9.66. The van der Waals surface area contributed by atoms with Crippen LogP contribution in [0.2, 0.25) is 0 Å². The zero-order valence-electron chi connectivity index (χ0n) is 21.0. The van der Waals surface area contributed by atoms with E-state index in [1.54, 1.807) is 61.0 Å². The van der Waals surface area contributed by atoms with Crippen molar-refractivity contribution in [2.45, 2.75) is 42.3 Å². The average Bonchev–Trinajstić information content (AvgIpc) is 3.48. The lowest BCUT2D eigenvalue weighted by molar-refractivity contribution is -0.153. The van der Waals surface area contributed by atoms with Gasteiger partial charge >= 0.3 is 5.97 Å². The van der Waals surface area contributed by atoms with Gasteiger partial charge in [-0.15, -0.1) is 18.3 Å². The third kappa shape index (κ3) is 3.93. The number of esters is 1. The van der Waals surface area contributed by atoms with E-state index in [1.807, 2.05) is 0 Å². The second kappa shape index (κ2) is 10.3. The summed E-state index contributed by atoms with van der Waals surface area (Å²) in [5.41, 5.74) is 0.650. The highest BCUT2D eigenvalue weighted by molar-refractivity contribution is 8.02. The molecule has 0 aromatic heterocycles. The van der Waals surface area contributed by atoms with Crippen LogP contribution in [-0.2, 0) is 19.1 Å². The number of anilines is 1. The van der Waals surface area contributed by atoms with Crippen LogP contribution in [0.3, 0.4) is 0 Å². The number of hydrogen-bond donors (Lipinski definition) is 1. The summed E-state index contributed by atoms with van der Waals surface area (Å²) in [5.74, 6) is -1.62. The van der Waals surface area contributed by atoms with Crippen LogP contribution in [0.5, 0.6) is 5.75 Å². The fourth-order valence-corrected chi connectivity index (χ4v) is 8.56. The Morgan fingerprint density at radius 2 is 2.00 bits per heavy atom. The van der Waals surface area contributed by atoms with Gasteiger partial charge in [-0.05, 0) is 43.5 Å². The maximum absolute atomic E-state index is 14.4. The number of amides is 2. The molecular formula is C27H34N2O6S. The summed E-state index contributed by atoms with van der Waals surface area (Å²) in [6, 6.07) is 5.70. The maximum Gasteiger partial charge on any atom is 0.311 e. The van der Waals surface area contributed by atoms with Gasteiger partial charge in [0.15, 0.2) is 0 Å². The van der Waals surface area contributed by atoms with E-state index in [-0.39, 0.29) is 42.7 Å². The largest absolute Gasteiger partial charge is 0.497 e. The number of carbonyl (C=O) groups excluding carboxylic acids is 3. The summed E-state index contributed by atoms with van der Waals surface area (Å²) >= 11 is 1.57. The van der Waals surface area contributed by atoms with Gasteiger partial charge in [0.2, 0.25) is 5.91 Å². The van der Waals surface area contributed by atoms with Gasteiger partial charge in [0.25, 0.3) is 5.91 Å². The molecule has 36 heavy (non-hydrogen) atoms. The van der Waals surface area contributed by atoms with Gasteiger partial charge in [-0.2, -0.15) is 0 Å². The molecule has 3 heterocycles. The number of fused-ring (bicyclic) bond motifs is 1. The van der Waals surface area contributed by atoms with Crippen LogP contribution >= 0.6 is 11.8 Å². The smallest absolute Gasteiger partial charge is 0.311 e. The fourth-order valence-electron chi connectivity index (χ4n) is 6.17. The Bertz CT molecular complexity index is 1050. The van der Waals surface area contributed by atoms with Crippen molar-refractivity contribution < 1.29 is 29.0 Å². The summed E-state index contributed by atoms with van der Waals surface area (Å²) in [7, 11) is 1.57. The zero-order chi connectivity index (χ0) is 26.2. The molecule has 9 heteroatoms. The Kier molecular flexibility index (Phi) is 7.52. The summed E-state index contributed by atoms with van der Waals surface area (Å²) in [6.45, 7) is 11.2. The Hall–Kier alpha value is -2.78. The van der Waals surface area contributed by atoms with Crippen LogP contribution < -0.4 is 9.64 Å². The monoisotopic (exact) mass is 514 g/mol. The molecule has 2 bridgehead atoms. The molecule has 1 aromatic rings. The van der Waals surface area contributed by atoms with Crippen LogP contribution in [0.15, 0.2) is 49.6 Å². The molecule has 4 rings (SSSR count). The highest BCUT2D eigenvalue weighted by Crippen LogP contribution is 2.69. The molecule has 8 nitrogen and oxygen atoms in total. The lowest BCUT2D eigenvalue weighted by Crippen LogP contribution is -2.59. The van der Waals surface area contributed by atoms with Gasteiger partial charge < -0.3 is 24.4 Å². The minimum atomic E-state index is -0.846. The van der Waals surface area contributed by atoms with Crippen LogP contribution in [0.4, 0.5) is 5.69 Å². The third-order valence-corrected chi connectivity index (χ3v) is 9.81. The molecule has 3 saturated heterocycles. The molecule has 3 aliphatic rings. The first-order chi connectivity index (χ1) is 17.3. The fraction of sp³-hybridized carbons (Fsp3) is 0.519. The Balaban J connectivity index is 1.80. The number of ether oxygens (including phenoxy) is 2. The molecule has 7 atom stereocenters. The number of hydrogen-bond acceptors (Lipinski definition) is 7. The number of likely N-dealkylation sites (tertiary alicyclic amines) is 1. The number of benzene rings is 1. The number of thioether (sulfide) groups is 1. The van der Waals surface area contributed by atoms with Gasteiger partial charge in [-0.25, -0.2) is 0 Å². The van der Waals surface area contributed by atoms with E-state index in [0.29, 0.717) is 17.9 Å². The number of nitrogens with zero attached hydrogens (tertiary/aromatic N) is 2. The number of carbonyl (C=O) groups is 3. The van der Waals surface area contributed by atoms with Gasteiger partial charge in [-0.3, -0.25) is 14.4 Å². The van der Waals surface area contributed by atoms with E-state index >= 15 is 0 Å². The molecule has 3 unspecified atom stereocenters. The normalized spacial score (nSPS) is 31.1. The van der Waals surface area contributed by atoms with E-state index in [0.717, 1.165) is 0 Å². The molecular weight excluding hydrogens is 480 g/mol. The van der Waals surface area contributed by atoms with Crippen molar-refractivity contribution in [2.24, 2.45) is 17.8 Å². The van der Waals surface area contributed by atoms with Crippen LogP contribution in [0.25, 0.3) is 0 Å². The van der Waals surface area contributed by atoms with Gasteiger partial charge in [0.1, 0.15) is 18.4 Å². The topological polar surface area (TPSA) is 96.4 Å². The molecule has 0 saturated carbocycles. The Morgan fingerprint density at radius 1 is 1.31 bits per heavy atom. The summed E-state index contributed by atoms with van der Waals surface area (Å²) in [5, 5.41) is 9.95. The summed E-state index contributed by atoms with van der Waals surface area (Å²) in [6.07, 6.45) is 3.85. The van der Waals surface area contributed by atoms with Crippen molar-refractivity contribution >= 4 is 35.2 Å². The molecule has 0 aliphatic carbocycles. The predicted molar refractivity (Wildman–Crippen MR) is 139 cm³/mol. The molecule has 3 aliphatic heterocycles. The first-order valence-corrected chi connectivity index (χ1v) is 13.1. The average molecular weight is 515 g/mol. The molecule has 3 fully saturated rings. The van der Waals surface area contributed by atoms with Crippen molar-refractivity contribution in [2.75, 3.05) is 31.8 Å². The SMILES string of the molecule is C=CCOC(=O)[C@@H]1[C@H]2C(=O)N([C@H](C)CO)C(C(=O)N(CC=C)c3ccc(OC)cc3)C23S[C@@H]1CC3C. The molecule has 1 spiro atoms. The molecule has 0 radical (unpaired) electrons. The van der Waals surface area contributed by atoms with Crippen molar-refractivity contribution in [1.82, 2.24) is 4.90 Å². The van der Waals surface area contributed by atoms with Crippen LogP contribution in [0, 0.1) is 17.8 Å². The Morgan fingerprint density at radius 3 is 2.58 bits per heavy atom. The lowest BCUT2D eigenvalue weighted by Gasteiger charge is -2.41. The Labute approximate surface area is 216 Å². The standard InChI is InChI=1S/C27H34N2O6S/c1-6-12-28(18-8-10-19(34-5)11-9-18)25(32)23-27-16(3)14-20(36-27)21(26(33)35-13-7-2)22(27)24(31)29(23)17(4)15-30/h6-11,16-17,20-23,30H,1-2,12-15H2,3-5H3/t16?,17-,20-,21+,22+,23?,27?/m1/s1. The van der Waals surface area contributed by atoms with Crippen molar-refractivity contribution in [1.29, 1.82) is 0 Å². The highest BCUT2D eigenvalue weighted by atomic mass is 32.2. The van der Waals surface area contributed by atoms with Gasteiger partial charge in [-0.1, -0.05) is 25.7 Å². The van der Waals surface area contributed by atoms with Gasteiger partial charge in [0, 0.05) is 17.5 Å². The number of aliphatic hydroxyl groups is 1. The van der Waals surface area contributed by atoms with Crippen LogP contribution in [-0.4, -0.2) is 76.7 Å². The highest BCUT2D eigenvalue weighted by Gasteiger charge is 2.77. The van der Waals surface area contributed by atoms with Gasteiger partial charge in [0.05, 0.1) is 36.3 Å². The van der Waals surface area contributed by atoms with E-state index in [2.05, 4.69) is 20.1 Å². The maximum atomic E-state index is 14.4. The van der Waals surface area contributed by atoms with Crippen molar-refractivity contribution in [3.05, 3.63) is 49.6 Å². The molecule has 194 valence electrons. The van der Waals surface area contributed by atoms with E-state index in [9.17, 15) is 19.5 Å². The second-order valence-corrected chi connectivity index (χ2v) is 11.2. The minimum Gasteiger partial charge on any atom is -0.497 e. The summed E-state index contributed by atoms with van der Waals surface area (Å²) < 4.78 is 9.86. The minimum absolute atomic E-state index is 0.0104. The summed E-state index contributed by atoms with van der Waals surface area (Å²) in [4.78, 5) is 44.6. The van der Waals surface area contributed by atoms with Crippen molar-refractivity contribution in [3.8, 4) is 5.75 Å². The quantitative estimate of drug-likeness (QED) is 0.379. The zero-order valence-corrected chi connectivity index (χ0v) is 21.8. The van der Waals surface area contributed by atoms with E-state index < -0.39 is 34.6 Å². The van der Waals surface area contributed by atoms with E-state index in [1.165, 1.54) is 11.0 Å². The first kappa shape index (κ1) is 26.3. The third-order valence-electron chi connectivity index (χ3n) is 7.73. The van der Waals surface area contributed by atoms with Crippen LogP contribution in [0.1, 0.15) is 20.3 Å². The molecule has 1 aromatic carbocycles. The number of aliphatic hydroxyl groups excluding tert-OH is 1. The van der Waals surface area contributed by atoms with E-state index in [4.69, 9.17) is 9.47 Å². The second-order valence-electron chi connectivity index (χ2n) is 9.68. The first-order valence-electron chi connectivity index (χ1n) is 12.2. The molecule has 1 N–H and O–H groups in total. The van der Waals surface area contributed by atoms with Crippen molar-refractivity contribution in [3.63, 3.8) is 0 Å². The number of rotatable bonds is 10.